The minimum Gasteiger partial charge on any atom is -0.492 e. The molecule has 1 rings (SSSR count). The molecule has 1 aromatic carbocycles. The molecule has 4 heteroatoms. The number of halogens is 1. The maximum absolute atomic E-state index is 6.07. The van der Waals surface area contributed by atoms with Crippen molar-refractivity contribution in [1.82, 2.24) is 5.32 Å². The number of thioether (sulfide) groups is 1. The smallest absolute Gasteiger partial charge is 0.124 e. The molecule has 0 saturated carbocycles. The number of ether oxygens (including phenoxy) is 1. The average molecular weight is 288 g/mol. The van der Waals surface area contributed by atoms with Gasteiger partial charge in [-0.2, -0.15) is 11.8 Å². The fourth-order valence-corrected chi connectivity index (χ4v) is 2.13. The highest BCUT2D eigenvalue weighted by atomic mass is 35.5. The van der Waals surface area contributed by atoms with Crippen molar-refractivity contribution >= 4 is 23.4 Å². The monoisotopic (exact) mass is 287 g/mol. The van der Waals surface area contributed by atoms with Crippen LogP contribution in [0.25, 0.3) is 0 Å². The molecule has 0 bridgehead atoms. The molecule has 0 saturated heterocycles. The van der Waals surface area contributed by atoms with Crippen LogP contribution in [0, 0.1) is 0 Å². The molecule has 1 atom stereocenters. The molecule has 0 aliphatic heterocycles. The summed E-state index contributed by atoms with van der Waals surface area (Å²) in [5.74, 6) is 1.93. The van der Waals surface area contributed by atoms with E-state index in [1.807, 2.05) is 18.2 Å². The molecule has 0 amide bonds. The molecule has 0 aliphatic carbocycles. The average Bonchev–Trinajstić information content (AvgIpc) is 2.38. The van der Waals surface area contributed by atoms with Gasteiger partial charge in [-0.25, -0.2) is 0 Å². The van der Waals surface area contributed by atoms with E-state index in [1.54, 1.807) is 11.8 Å². The fraction of sp³-hybridized carbons (Fsp3) is 0.571. The first-order valence-corrected chi connectivity index (χ1v) is 8.10. The van der Waals surface area contributed by atoms with E-state index in [2.05, 4.69) is 25.4 Å². The molecule has 2 nitrogen and oxygen atoms in total. The van der Waals surface area contributed by atoms with Crippen molar-refractivity contribution in [2.75, 3.05) is 25.2 Å². The normalized spacial score (nSPS) is 12.4. The zero-order chi connectivity index (χ0) is 13.4. The van der Waals surface area contributed by atoms with Crippen LogP contribution in [0.4, 0.5) is 0 Å². The van der Waals surface area contributed by atoms with Gasteiger partial charge in [0.2, 0.25) is 0 Å². The summed E-state index contributed by atoms with van der Waals surface area (Å²) in [6.07, 6.45) is 3.20. The summed E-state index contributed by atoms with van der Waals surface area (Å²) in [6, 6.07) is 6.09. The van der Waals surface area contributed by atoms with E-state index in [4.69, 9.17) is 16.3 Å². The Balaban J connectivity index is 2.75. The summed E-state index contributed by atoms with van der Waals surface area (Å²) >= 11 is 7.85. The molecule has 18 heavy (non-hydrogen) atoms. The van der Waals surface area contributed by atoms with Crippen LogP contribution >= 0.6 is 23.4 Å². The SMILES string of the molecule is CCCNC(C)c1cc(Cl)ccc1OCCSC. The molecular formula is C14H22ClNOS. The highest BCUT2D eigenvalue weighted by Gasteiger charge is 2.11. The second-order valence-electron chi connectivity index (χ2n) is 4.20. The Morgan fingerprint density at radius 1 is 1.44 bits per heavy atom. The van der Waals surface area contributed by atoms with Crippen LogP contribution < -0.4 is 10.1 Å². The zero-order valence-corrected chi connectivity index (χ0v) is 12.9. The van der Waals surface area contributed by atoms with Crippen LogP contribution in [0.2, 0.25) is 5.02 Å². The first-order valence-electron chi connectivity index (χ1n) is 6.33. The molecule has 1 aromatic rings. The summed E-state index contributed by atoms with van der Waals surface area (Å²) in [5.41, 5.74) is 1.14. The predicted octanol–water partition coefficient (Wildman–Crippen LogP) is 4.14. The van der Waals surface area contributed by atoms with E-state index in [9.17, 15) is 0 Å². The first-order chi connectivity index (χ1) is 8.69. The third-order valence-electron chi connectivity index (χ3n) is 2.68. The Bertz CT molecular complexity index is 360. The third kappa shape index (κ3) is 5.09. The molecule has 0 aliphatic rings. The second-order valence-corrected chi connectivity index (χ2v) is 5.62. The zero-order valence-electron chi connectivity index (χ0n) is 11.3. The number of rotatable bonds is 8. The van der Waals surface area contributed by atoms with E-state index < -0.39 is 0 Å². The van der Waals surface area contributed by atoms with Crippen LogP contribution in [0.15, 0.2) is 18.2 Å². The first kappa shape index (κ1) is 15.7. The maximum Gasteiger partial charge on any atom is 0.124 e. The molecule has 0 radical (unpaired) electrons. The summed E-state index contributed by atoms with van der Waals surface area (Å²) in [7, 11) is 0. The van der Waals surface area contributed by atoms with Crippen molar-refractivity contribution in [3.05, 3.63) is 28.8 Å². The quantitative estimate of drug-likeness (QED) is 0.726. The van der Waals surface area contributed by atoms with Gasteiger partial charge in [0, 0.05) is 22.4 Å². The van der Waals surface area contributed by atoms with Crippen molar-refractivity contribution in [1.29, 1.82) is 0 Å². The van der Waals surface area contributed by atoms with Gasteiger partial charge in [-0.3, -0.25) is 0 Å². The van der Waals surface area contributed by atoms with Gasteiger partial charge in [-0.15, -0.1) is 0 Å². The lowest BCUT2D eigenvalue weighted by molar-refractivity contribution is 0.336. The standard InChI is InChI=1S/C14H22ClNOS/c1-4-7-16-11(2)13-10-12(15)5-6-14(13)17-8-9-18-3/h5-6,10-11,16H,4,7-9H2,1-3H3. The Labute approximate surface area is 119 Å². The van der Waals surface area contributed by atoms with Crippen molar-refractivity contribution in [2.45, 2.75) is 26.3 Å². The highest BCUT2D eigenvalue weighted by molar-refractivity contribution is 7.98. The molecular weight excluding hydrogens is 266 g/mol. The Hall–Kier alpha value is -0.380. The van der Waals surface area contributed by atoms with Crippen molar-refractivity contribution in [3.63, 3.8) is 0 Å². The van der Waals surface area contributed by atoms with Gasteiger partial charge >= 0.3 is 0 Å². The van der Waals surface area contributed by atoms with Crippen LogP contribution in [-0.2, 0) is 0 Å². The van der Waals surface area contributed by atoms with Gasteiger partial charge in [-0.1, -0.05) is 18.5 Å². The van der Waals surface area contributed by atoms with Gasteiger partial charge in [0.25, 0.3) is 0 Å². The molecule has 0 fully saturated rings. The summed E-state index contributed by atoms with van der Waals surface area (Å²) in [4.78, 5) is 0. The minimum atomic E-state index is 0.257. The number of hydrogen-bond donors (Lipinski definition) is 1. The van der Waals surface area contributed by atoms with Gasteiger partial charge in [-0.05, 0) is 44.3 Å². The van der Waals surface area contributed by atoms with Gasteiger partial charge < -0.3 is 10.1 Å². The van der Waals surface area contributed by atoms with Gasteiger partial charge in [0.1, 0.15) is 5.75 Å². The summed E-state index contributed by atoms with van der Waals surface area (Å²) < 4.78 is 5.81. The number of hydrogen-bond acceptors (Lipinski definition) is 3. The lowest BCUT2D eigenvalue weighted by Gasteiger charge is -2.18. The molecule has 0 aromatic heterocycles. The summed E-state index contributed by atoms with van der Waals surface area (Å²) in [5, 5.41) is 4.22. The fourth-order valence-electron chi connectivity index (χ4n) is 1.69. The van der Waals surface area contributed by atoms with E-state index in [1.165, 1.54) is 0 Å². The summed E-state index contributed by atoms with van der Waals surface area (Å²) in [6.45, 7) is 6.03. The van der Waals surface area contributed by atoms with Crippen molar-refractivity contribution in [2.24, 2.45) is 0 Å². The Morgan fingerprint density at radius 3 is 2.89 bits per heavy atom. The number of benzene rings is 1. The predicted molar refractivity (Wildman–Crippen MR) is 82.0 cm³/mol. The van der Waals surface area contributed by atoms with Gasteiger partial charge in [0.15, 0.2) is 0 Å². The molecule has 102 valence electrons. The van der Waals surface area contributed by atoms with E-state index in [-0.39, 0.29) is 6.04 Å². The second kappa shape index (κ2) is 8.68. The Kier molecular flexibility index (Phi) is 7.56. The van der Waals surface area contributed by atoms with E-state index in [0.29, 0.717) is 0 Å². The topological polar surface area (TPSA) is 21.3 Å². The minimum absolute atomic E-state index is 0.257. The maximum atomic E-state index is 6.07. The van der Waals surface area contributed by atoms with Crippen molar-refractivity contribution in [3.8, 4) is 5.75 Å². The molecule has 0 heterocycles. The van der Waals surface area contributed by atoms with Crippen LogP contribution in [0.3, 0.4) is 0 Å². The molecule has 1 unspecified atom stereocenters. The lowest BCUT2D eigenvalue weighted by Crippen LogP contribution is -2.20. The lowest BCUT2D eigenvalue weighted by atomic mass is 10.1. The van der Waals surface area contributed by atoms with Crippen LogP contribution in [-0.4, -0.2) is 25.2 Å². The van der Waals surface area contributed by atoms with Gasteiger partial charge in [0.05, 0.1) is 6.61 Å². The molecule has 0 spiro atoms. The largest absolute Gasteiger partial charge is 0.492 e. The Morgan fingerprint density at radius 2 is 2.22 bits per heavy atom. The van der Waals surface area contributed by atoms with E-state index in [0.717, 1.165) is 41.7 Å². The highest BCUT2D eigenvalue weighted by Crippen LogP contribution is 2.28. The van der Waals surface area contributed by atoms with Crippen LogP contribution in [0.5, 0.6) is 5.75 Å². The number of nitrogens with one attached hydrogen (secondary N) is 1. The molecule has 1 N–H and O–H groups in total. The van der Waals surface area contributed by atoms with E-state index >= 15 is 0 Å². The third-order valence-corrected chi connectivity index (χ3v) is 3.49. The van der Waals surface area contributed by atoms with Crippen LogP contribution in [0.1, 0.15) is 31.9 Å². The van der Waals surface area contributed by atoms with Crippen molar-refractivity contribution < 1.29 is 4.74 Å².